The van der Waals surface area contributed by atoms with Crippen molar-refractivity contribution in [3.8, 4) is 0 Å². The van der Waals surface area contributed by atoms with E-state index in [9.17, 15) is 22.9 Å². The van der Waals surface area contributed by atoms with E-state index < -0.39 is 26.5 Å². The van der Waals surface area contributed by atoms with Gasteiger partial charge in [-0.2, -0.15) is 9.49 Å². The minimum absolute atomic E-state index is 0.104. The first-order chi connectivity index (χ1) is 11.6. The monoisotopic (exact) mass is 370 g/mol. The smallest absolute Gasteiger partial charge is 0.264 e. The van der Waals surface area contributed by atoms with E-state index in [4.69, 9.17) is 0 Å². The van der Waals surface area contributed by atoms with Crippen LogP contribution < -0.4 is 0 Å². The van der Waals surface area contributed by atoms with Crippen LogP contribution in [0.1, 0.15) is 23.9 Å². The van der Waals surface area contributed by atoms with Crippen LogP contribution in [-0.2, 0) is 16.6 Å². The van der Waals surface area contributed by atoms with Crippen molar-refractivity contribution in [3.63, 3.8) is 0 Å². The van der Waals surface area contributed by atoms with E-state index in [1.165, 1.54) is 22.1 Å². The summed E-state index contributed by atoms with van der Waals surface area (Å²) in [7, 11) is -2.18. The van der Waals surface area contributed by atoms with E-state index in [-0.39, 0.29) is 11.4 Å². The molecule has 0 unspecified atom stereocenters. The summed E-state index contributed by atoms with van der Waals surface area (Å²) in [5.41, 5.74) is 0.614. The van der Waals surface area contributed by atoms with Crippen LogP contribution in [0.25, 0.3) is 0 Å². The highest BCUT2D eigenvalue weighted by Crippen LogP contribution is 2.24. The Labute approximate surface area is 145 Å². The molecule has 8 nitrogen and oxygen atoms in total. The maximum atomic E-state index is 13.8. The second-order valence-corrected chi connectivity index (χ2v) is 7.60. The van der Waals surface area contributed by atoms with Crippen LogP contribution in [0.2, 0.25) is 0 Å². The fourth-order valence-corrected chi connectivity index (χ4v) is 4.05. The van der Waals surface area contributed by atoms with Gasteiger partial charge in [-0.25, -0.2) is 12.7 Å². The first-order valence-electron chi connectivity index (χ1n) is 7.52. The Kier molecular flexibility index (Phi) is 5.23. The summed E-state index contributed by atoms with van der Waals surface area (Å²) in [5, 5.41) is 14.9. The molecule has 2 rings (SSSR count). The van der Waals surface area contributed by atoms with Gasteiger partial charge in [0.15, 0.2) is 0 Å². The van der Waals surface area contributed by atoms with Gasteiger partial charge in [-0.1, -0.05) is 13.0 Å². The summed E-state index contributed by atoms with van der Waals surface area (Å²) in [6, 6.07) is 3.56. The average Bonchev–Trinajstić information content (AvgIpc) is 2.80. The number of aromatic nitrogens is 2. The fraction of sp³-hybridized carbons (Fsp3) is 0.400. The highest BCUT2D eigenvalue weighted by molar-refractivity contribution is 7.89. The van der Waals surface area contributed by atoms with Crippen molar-refractivity contribution < 1.29 is 17.7 Å². The molecular formula is C15H19FN4O4S. The normalized spacial score (nSPS) is 11.9. The first-order valence-corrected chi connectivity index (χ1v) is 8.96. The summed E-state index contributed by atoms with van der Waals surface area (Å²) < 4.78 is 41.6. The zero-order chi connectivity index (χ0) is 18.9. The Hall–Kier alpha value is -2.33. The van der Waals surface area contributed by atoms with Crippen LogP contribution in [0.15, 0.2) is 23.1 Å². The maximum Gasteiger partial charge on any atom is 0.304 e. The molecule has 136 valence electrons. The molecule has 0 N–H and O–H groups in total. The van der Waals surface area contributed by atoms with Gasteiger partial charge in [0, 0.05) is 19.7 Å². The van der Waals surface area contributed by atoms with E-state index in [1.807, 2.05) is 0 Å². The molecule has 1 aromatic heterocycles. The molecule has 0 saturated carbocycles. The number of halogens is 1. The standard InChI is InChI=1S/C15H19FN4O4S/c1-5-18(4)25(23,24)15-10(2)17-19(11(15)3)9-12-6-7-14(20(21)22)13(16)8-12/h6-8H,5,9H2,1-4H3. The van der Waals surface area contributed by atoms with Gasteiger partial charge in [0.2, 0.25) is 15.8 Å². The molecule has 25 heavy (non-hydrogen) atoms. The van der Waals surface area contributed by atoms with E-state index >= 15 is 0 Å². The Morgan fingerprint density at radius 1 is 1.36 bits per heavy atom. The molecule has 0 spiro atoms. The summed E-state index contributed by atoms with van der Waals surface area (Å²) >= 11 is 0. The van der Waals surface area contributed by atoms with Gasteiger partial charge in [-0.3, -0.25) is 14.8 Å². The third-order valence-corrected chi connectivity index (χ3v) is 6.16. The minimum atomic E-state index is -3.66. The lowest BCUT2D eigenvalue weighted by Gasteiger charge is -2.15. The fourth-order valence-electron chi connectivity index (χ4n) is 2.50. The maximum absolute atomic E-state index is 13.8. The zero-order valence-corrected chi connectivity index (χ0v) is 15.2. The number of sulfonamides is 1. The predicted octanol–water partition coefficient (Wildman–Crippen LogP) is 2.24. The molecule has 0 radical (unpaired) electrons. The quantitative estimate of drug-likeness (QED) is 0.574. The van der Waals surface area contributed by atoms with Crippen molar-refractivity contribution >= 4 is 15.7 Å². The van der Waals surface area contributed by atoms with Gasteiger partial charge < -0.3 is 0 Å². The van der Waals surface area contributed by atoms with Gasteiger partial charge in [0.05, 0.1) is 22.9 Å². The number of benzene rings is 1. The molecular weight excluding hydrogens is 351 g/mol. The number of aryl methyl sites for hydroxylation is 1. The van der Waals surface area contributed by atoms with Gasteiger partial charge in [0.25, 0.3) is 0 Å². The van der Waals surface area contributed by atoms with Crippen LogP contribution in [-0.4, -0.2) is 41.0 Å². The van der Waals surface area contributed by atoms with Crippen molar-refractivity contribution in [1.82, 2.24) is 14.1 Å². The highest BCUT2D eigenvalue weighted by Gasteiger charge is 2.28. The molecule has 0 saturated heterocycles. The second-order valence-electron chi connectivity index (χ2n) is 5.62. The van der Waals surface area contributed by atoms with Crippen LogP contribution in [0, 0.1) is 29.8 Å². The molecule has 1 heterocycles. The molecule has 0 fully saturated rings. The van der Waals surface area contributed by atoms with Crippen LogP contribution >= 0.6 is 0 Å². The van der Waals surface area contributed by atoms with Crippen LogP contribution in [0.4, 0.5) is 10.1 Å². The van der Waals surface area contributed by atoms with E-state index in [2.05, 4.69) is 5.10 Å². The van der Waals surface area contributed by atoms with Crippen molar-refractivity contribution in [1.29, 1.82) is 0 Å². The molecule has 0 amide bonds. The van der Waals surface area contributed by atoms with Crippen molar-refractivity contribution in [2.75, 3.05) is 13.6 Å². The summed E-state index contributed by atoms with van der Waals surface area (Å²) in [6.07, 6.45) is 0. The van der Waals surface area contributed by atoms with E-state index in [0.29, 0.717) is 23.5 Å². The summed E-state index contributed by atoms with van der Waals surface area (Å²) in [4.78, 5) is 10.00. The predicted molar refractivity (Wildman–Crippen MR) is 89.3 cm³/mol. The van der Waals surface area contributed by atoms with Crippen molar-refractivity contribution in [2.45, 2.75) is 32.2 Å². The largest absolute Gasteiger partial charge is 0.304 e. The van der Waals surface area contributed by atoms with E-state index in [1.54, 1.807) is 20.8 Å². The zero-order valence-electron chi connectivity index (χ0n) is 14.4. The molecule has 0 aliphatic carbocycles. The molecule has 0 aliphatic rings. The SMILES string of the molecule is CCN(C)S(=O)(=O)c1c(C)nn(Cc2ccc([N+](=O)[O-])c(F)c2)c1C. The number of nitro benzene ring substituents is 1. The molecule has 2 aromatic rings. The van der Waals surface area contributed by atoms with Gasteiger partial charge >= 0.3 is 5.69 Å². The third kappa shape index (κ3) is 3.54. The van der Waals surface area contributed by atoms with E-state index in [0.717, 1.165) is 12.1 Å². The third-order valence-electron chi connectivity index (χ3n) is 3.97. The lowest BCUT2D eigenvalue weighted by atomic mass is 10.2. The number of hydrogen-bond acceptors (Lipinski definition) is 5. The first kappa shape index (κ1) is 19.0. The lowest BCUT2D eigenvalue weighted by Crippen LogP contribution is -2.27. The van der Waals surface area contributed by atoms with Crippen LogP contribution in [0.5, 0.6) is 0 Å². The molecule has 10 heteroatoms. The summed E-state index contributed by atoms with van der Waals surface area (Å²) in [6.45, 7) is 5.37. The summed E-state index contributed by atoms with van der Waals surface area (Å²) in [5.74, 6) is -0.942. The Morgan fingerprint density at radius 2 is 2.00 bits per heavy atom. The Bertz CT molecular complexity index is 924. The molecule has 0 bridgehead atoms. The molecule has 0 aliphatic heterocycles. The Morgan fingerprint density at radius 3 is 2.52 bits per heavy atom. The van der Waals surface area contributed by atoms with Crippen LogP contribution in [0.3, 0.4) is 0 Å². The highest BCUT2D eigenvalue weighted by atomic mass is 32.2. The number of hydrogen-bond donors (Lipinski definition) is 0. The van der Waals surface area contributed by atoms with Gasteiger partial charge in [0.1, 0.15) is 4.90 Å². The van der Waals surface area contributed by atoms with Gasteiger partial charge in [-0.15, -0.1) is 0 Å². The Balaban J connectivity index is 2.42. The minimum Gasteiger partial charge on any atom is -0.264 e. The van der Waals surface area contributed by atoms with Crippen molar-refractivity contribution in [2.24, 2.45) is 0 Å². The second kappa shape index (κ2) is 6.89. The number of rotatable bonds is 6. The molecule has 1 aromatic carbocycles. The number of nitrogens with zero attached hydrogens (tertiary/aromatic N) is 4. The van der Waals surface area contributed by atoms with Gasteiger partial charge in [-0.05, 0) is 25.5 Å². The lowest BCUT2D eigenvalue weighted by molar-refractivity contribution is -0.387. The average molecular weight is 370 g/mol. The molecule has 0 atom stereocenters. The van der Waals surface area contributed by atoms with Crippen molar-refractivity contribution in [3.05, 3.63) is 51.1 Å². The number of nitro groups is 1. The topological polar surface area (TPSA) is 98.3 Å².